The summed E-state index contributed by atoms with van der Waals surface area (Å²) in [5, 5.41) is 0. The molecule has 5 nitrogen and oxygen atoms in total. The molecule has 0 aliphatic heterocycles. The first kappa shape index (κ1) is 14.2. The molecule has 0 aliphatic rings. The van der Waals surface area contributed by atoms with Crippen LogP contribution in [0.3, 0.4) is 0 Å². The number of amides is 2. The van der Waals surface area contributed by atoms with Gasteiger partial charge in [0.05, 0.1) is 7.05 Å². The van der Waals surface area contributed by atoms with Crippen LogP contribution in [0.5, 0.6) is 0 Å². The molecule has 0 bridgehead atoms. The minimum Gasteiger partial charge on any atom is -0.326 e. The van der Waals surface area contributed by atoms with Crippen molar-refractivity contribution in [1.82, 2.24) is 10.9 Å². The summed E-state index contributed by atoms with van der Waals surface area (Å²) in [6.45, 7) is 4.48. The molecule has 0 aliphatic carbocycles. The summed E-state index contributed by atoms with van der Waals surface area (Å²) in [4.78, 5) is 23.1. The number of nitrogens with one attached hydrogen (secondary N) is 3. The van der Waals surface area contributed by atoms with Crippen molar-refractivity contribution in [3.63, 3.8) is 0 Å². The SMILES string of the molecule is CC(=O)NNC(=O)C[NH+](C)Cc1ccc(C)cc1. The van der Waals surface area contributed by atoms with Gasteiger partial charge in [-0.25, -0.2) is 0 Å². The summed E-state index contributed by atoms with van der Waals surface area (Å²) < 4.78 is 0. The van der Waals surface area contributed by atoms with E-state index in [-0.39, 0.29) is 11.8 Å². The van der Waals surface area contributed by atoms with Crippen LogP contribution in [-0.4, -0.2) is 25.4 Å². The Labute approximate surface area is 107 Å². The number of benzene rings is 1. The lowest BCUT2D eigenvalue weighted by atomic mass is 10.1. The molecule has 0 saturated carbocycles. The first-order valence-electron chi connectivity index (χ1n) is 5.89. The zero-order valence-corrected chi connectivity index (χ0v) is 11.0. The highest BCUT2D eigenvalue weighted by Gasteiger charge is 2.10. The summed E-state index contributed by atoms with van der Waals surface area (Å²) in [5.74, 6) is -0.477. The molecule has 0 fully saturated rings. The van der Waals surface area contributed by atoms with Crippen LogP contribution in [0.25, 0.3) is 0 Å². The second-order valence-corrected chi connectivity index (χ2v) is 4.53. The molecule has 1 unspecified atom stereocenters. The number of carbonyl (C=O) groups is 2. The number of carbonyl (C=O) groups excluding carboxylic acids is 2. The Morgan fingerprint density at radius 3 is 2.33 bits per heavy atom. The van der Waals surface area contributed by atoms with E-state index in [2.05, 4.69) is 35.1 Å². The van der Waals surface area contributed by atoms with Gasteiger partial charge in [-0.1, -0.05) is 29.8 Å². The van der Waals surface area contributed by atoms with Gasteiger partial charge in [0.1, 0.15) is 6.54 Å². The van der Waals surface area contributed by atoms with E-state index in [1.807, 2.05) is 14.0 Å². The Morgan fingerprint density at radius 2 is 1.78 bits per heavy atom. The maximum Gasteiger partial charge on any atom is 0.293 e. The van der Waals surface area contributed by atoms with E-state index in [0.717, 1.165) is 11.4 Å². The Balaban J connectivity index is 2.36. The Morgan fingerprint density at radius 1 is 1.17 bits per heavy atom. The third-order valence-electron chi connectivity index (χ3n) is 2.47. The molecule has 0 aromatic heterocycles. The molecule has 1 atom stereocenters. The van der Waals surface area contributed by atoms with Gasteiger partial charge in [-0.15, -0.1) is 0 Å². The standard InChI is InChI=1S/C13H19N3O2/c1-10-4-6-12(7-5-10)8-16(3)9-13(18)15-14-11(2)17/h4-7H,8-9H2,1-3H3,(H,14,17)(H,15,18)/p+1. The molecule has 0 saturated heterocycles. The fraction of sp³-hybridized carbons (Fsp3) is 0.385. The van der Waals surface area contributed by atoms with E-state index in [1.54, 1.807) is 0 Å². The summed E-state index contributed by atoms with van der Waals surface area (Å²) in [6, 6.07) is 8.23. The lowest BCUT2D eigenvalue weighted by Crippen LogP contribution is -3.09. The van der Waals surface area contributed by atoms with Crippen molar-refractivity contribution in [2.75, 3.05) is 13.6 Å². The molecule has 5 heteroatoms. The molecule has 98 valence electrons. The maximum absolute atomic E-state index is 11.5. The highest BCUT2D eigenvalue weighted by atomic mass is 16.2. The molecule has 0 spiro atoms. The molecular weight excluding hydrogens is 230 g/mol. The molecule has 1 aromatic carbocycles. The van der Waals surface area contributed by atoms with E-state index >= 15 is 0 Å². The second-order valence-electron chi connectivity index (χ2n) is 4.53. The summed E-state index contributed by atoms with van der Waals surface area (Å²) in [5.41, 5.74) is 7.03. The highest BCUT2D eigenvalue weighted by molar-refractivity contribution is 5.81. The predicted molar refractivity (Wildman–Crippen MR) is 68.6 cm³/mol. The summed E-state index contributed by atoms with van der Waals surface area (Å²) >= 11 is 0. The number of quaternary nitrogens is 1. The number of hydrazine groups is 1. The monoisotopic (exact) mass is 250 g/mol. The average Bonchev–Trinajstić information content (AvgIpc) is 2.29. The maximum atomic E-state index is 11.5. The number of hydrogen-bond acceptors (Lipinski definition) is 2. The first-order valence-corrected chi connectivity index (χ1v) is 5.89. The molecule has 2 amide bonds. The third kappa shape index (κ3) is 5.45. The van der Waals surface area contributed by atoms with Gasteiger partial charge >= 0.3 is 0 Å². The lowest BCUT2D eigenvalue weighted by molar-refractivity contribution is -0.885. The van der Waals surface area contributed by atoms with E-state index in [4.69, 9.17) is 0 Å². The largest absolute Gasteiger partial charge is 0.326 e. The molecule has 1 rings (SSSR count). The number of hydrogen-bond donors (Lipinski definition) is 3. The fourth-order valence-electron chi connectivity index (χ4n) is 1.59. The molecular formula is C13H20N3O2+. The van der Waals surface area contributed by atoms with Crippen molar-refractivity contribution in [3.8, 4) is 0 Å². The minimum absolute atomic E-state index is 0.199. The van der Waals surface area contributed by atoms with Crippen LogP contribution in [0.1, 0.15) is 18.1 Å². The van der Waals surface area contributed by atoms with Crippen molar-refractivity contribution in [2.24, 2.45) is 0 Å². The highest BCUT2D eigenvalue weighted by Crippen LogP contribution is 2.00. The number of rotatable bonds is 4. The van der Waals surface area contributed by atoms with E-state index in [9.17, 15) is 9.59 Å². The van der Waals surface area contributed by atoms with Gasteiger partial charge < -0.3 is 4.90 Å². The molecule has 18 heavy (non-hydrogen) atoms. The smallest absolute Gasteiger partial charge is 0.293 e. The van der Waals surface area contributed by atoms with Crippen LogP contribution >= 0.6 is 0 Å². The van der Waals surface area contributed by atoms with Gasteiger partial charge in [-0.3, -0.25) is 20.4 Å². The van der Waals surface area contributed by atoms with Crippen LogP contribution < -0.4 is 15.8 Å². The normalized spacial score (nSPS) is 11.7. The van der Waals surface area contributed by atoms with E-state index < -0.39 is 0 Å². The summed E-state index contributed by atoms with van der Waals surface area (Å²) in [7, 11) is 1.94. The van der Waals surface area contributed by atoms with E-state index in [1.165, 1.54) is 18.1 Å². The predicted octanol–water partition coefficient (Wildman–Crippen LogP) is -0.823. The zero-order chi connectivity index (χ0) is 13.5. The quantitative estimate of drug-likeness (QED) is 0.611. The first-order chi connectivity index (χ1) is 8.47. The van der Waals surface area contributed by atoms with Gasteiger partial charge in [0, 0.05) is 12.5 Å². The average molecular weight is 250 g/mol. The van der Waals surface area contributed by atoms with Crippen molar-refractivity contribution in [2.45, 2.75) is 20.4 Å². The van der Waals surface area contributed by atoms with Gasteiger partial charge in [0.2, 0.25) is 5.91 Å². The fourth-order valence-corrected chi connectivity index (χ4v) is 1.59. The van der Waals surface area contributed by atoms with Gasteiger partial charge in [0.25, 0.3) is 5.91 Å². The van der Waals surface area contributed by atoms with Crippen LogP contribution in [0.2, 0.25) is 0 Å². The van der Waals surface area contributed by atoms with Crippen LogP contribution in [-0.2, 0) is 16.1 Å². The lowest BCUT2D eigenvalue weighted by Gasteiger charge is -2.14. The topological polar surface area (TPSA) is 62.6 Å². The number of likely N-dealkylation sites (N-methyl/N-ethyl adjacent to an activating group) is 1. The zero-order valence-electron chi connectivity index (χ0n) is 11.0. The van der Waals surface area contributed by atoms with Crippen molar-refractivity contribution >= 4 is 11.8 Å². The Bertz CT molecular complexity index is 415. The summed E-state index contributed by atoms with van der Waals surface area (Å²) in [6.07, 6.45) is 0. The van der Waals surface area contributed by atoms with Crippen LogP contribution in [0, 0.1) is 6.92 Å². The second kappa shape index (κ2) is 6.76. The van der Waals surface area contributed by atoms with Gasteiger partial charge in [-0.2, -0.15) is 0 Å². The molecule has 3 N–H and O–H groups in total. The van der Waals surface area contributed by atoms with E-state index in [0.29, 0.717) is 6.54 Å². The molecule has 0 radical (unpaired) electrons. The van der Waals surface area contributed by atoms with Crippen molar-refractivity contribution in [3.05, 3.63) is 35.4 Å². The third-order valence-corrected chi connectivity index (χ3v) is 2.47. The van der Waals surface area contributed by atoms with Gasteiger partial charge in [-0.05, 0) is 6.92 Å². The Kier molecular flexibility index (Phi) is 5.32. The minimum atomic E-state index is -0.278. The van der Waals surface area contributed by atoms with Crippen molar-refractivity contribution in [1.29, 1.82) is 0 Å². The van der Waals surface area contributed by atoms with Crippen LogP contribution in [0.15, 0.2) is 24.3 Å². The molecule has 0 heterocycles. The Hall–Kier alpha value is -1.88. The van der Waals surface area contributed by atoms with Crippen molar-refractivity contribution < 1.29 is 14.5 Å². The van der Waals surface area contributed by atoms with Crippen LogP contribution in [0.4, 0.5) is 0 Å². The molecule has 1 aromatic rings. The van der Waals surface area contributed by atoms with Gasteiger partial charge in [0.15, 0.2) is 6.54 Å². The number of aryl methyl sites for hydroxylation is 1.